The first-order chi connectivity index (χ1) is 12.8. The number of rotatable bonds is 11. The average Bonchev–Trinajstić information content (AvgIpc) is 2.64. The van der Waals surface area contributed by atoms with Crippen molar-refractivity contribution in [2.75, 3.05) is 26.1 Å². The van der Waals surface area contributed by atoms with Crippen LogP contribution in [0.4, 0.5) is 5.82 Å². The number of anilines is 1. The Labute approximate surface area is 159 Å². The Kier molecular flexibility index (Phi) is 9.21. The zero-order chi connectivity index (χ0) is 20.4. The molecule has 0 radical (unpaired) electrons. The predicted molar refractivity (Wildman–Crippen MR) is 101 cm³/mol. The molecule has 0 fully saturated rings. The van der Waals surface area contributed by atoms with Crippen LogP contribution in [-0.2, 0) is 9.59 Å². The molecule has 0 saturated carbocycles. The summed E-state index contributed by atoms with van der Waals surface area (Å²) in [7, 11) is 3.31. The summed E-state index contributed by atoms with van der Waals surface area (Å²) in [6, 6.07) is 3.21. The maximum Gasteiger partial charge on any atom is 0.253 e. The van der Waals surface area contributed by atoms with Gasteiger partial charge in [0.1, 0.15) is 5.82 Å². The molecule has 0 saturated heterocycles. The number of hydrazine groups is 1. The van der Waals surface area contributed by atoms with Gasteiger partial charge >= 0.3 is 0 Å². The van der Waals surface area contributed by atoms with Crippen LogP contribution in [0, 0.1) is 12.8 Å². The fourth-order valence-electron chi connectivity index (χ4n) is 2.56. The second-order valence-electron chi connectivity index (χ2n) is 6.62. The van der Waals surface area contributed by atoms with Gasteiger partial charge in [0.2, 0.25) is 12.3 Å². The van der Waals surface area contributed by atoms with Gasteiger partial charge < -0.3 is 4.90 Å². The van der Waals surface area contributed by atoms with Crippen molar-refractivity contribution in [2.24, 2.45) is 5.92 Å². The van der Waals surface area contributed by atoms with Crippen molar-refractivity contribution in [2.45, 2.75) is 39.5 Å². The van der Waals surface area contributed by atoms with E-state index in [2.05, 4.69) is 22.8 Å². The predicted octanol–water partition coefficient (Wildman–Crippen LogP) is 1.58. The first kappa shape index (κ1) is 22.4. The number of aryl methyl sites for hydroxylation is 1. The van der Waals surface area contributed by atoms with Crippen molar-refractivity contribution >= 4 is 24.0 Å². The van der Waals surface area contributed by atoms with Gasteiger partial charge in [0, 0.05) is 25.4 Å². The van der Waals surface area contributed by atoms with Crippen LogP contribution in [0.2, 0.25) is 0 Å². The standard InChI is InChI=1S/C18H29N5O4/c1-5-6-7-8-14(11-23(27)12-24)17(25)21-20-16-10-15(9-13(2)19-16)18(26)22(3)4/h9-10,12,14,27H,5-8,11H2,1-4H3,(H,19,20)(H,21,25)/t14-/m1/s1. The Hall–Kier alpha value is -2.68. The maximum absolute atomic E-state index is 12.4. The van der Waals surface area contributed by atoms with Crippen LogP contribution in [0.25, 0.3) is 0 Å². The number of pyridine rings is 1. The van der Waals surface area contributed by atoms with Gasteiger partial charge in [-0.2, -0.15) is 0 Å². The summed E-state index contributed by atoms with van der Waals surface area (Å²) in [6.07, 6.45) is 3.58. The monoisotopic (exact) mass is 379 g/mol. The number of nitrogens with zero attached hydrogens (tertiary/aromatic N) is 3. The fraction of sp³-hybridized carbons (Fsp3) is 0.556. The molecule has 150 valence electrons. The number of carbonyl (C=O) groups is 3. The van der Waals surface area contributed by atoms with Crippen LogP contribution in [0.15, 0.2) is 12.1 Å². The lowest BCUT2D eigenvalue weighted by Crippen LogP contribution is -2.40. The highest BCUT2D eigenvalue weighted by molar-refractivity contribution is 5.94. The number of hydrogen-bond acceptors (Lipinski definition) is 6. The SMILES string of the molecule is CCCCC[C@H](CN(O)C=O)C(=O)NNc1cc(C(=O)N(C)C)cc(C)n1. The molecular weight excluding hydrogens is 350 g/mol. The van der Waals surface area contributed by atoms with E-state index in [-0.39, 0.29) is 24.8 Å². The Bertz CT molecular complexity index is 651. The molecule has 27 heavy (non-hydrogen) atoms. The van der Waals surface area contributed by atoms with Gasteiger partial charge in [0.05, 0.1) is 12.5 Å². The summed E-state index contributed by atoms with van der Waals surface area (Å²) >= 11 is 0. The summed E-state index contributed by atoms with van der Waals surface area (Å²) in [5.41, 5.74) is 6.34. The van der Waals surface area contributed by atoms with E-state index >= 15 is 0 Å². The summed E-state index contributed by atoms with van der Waals surface area (Å²) in [5, 5.41) is 9.88. The Morgan fingerprint density at radius 1 is 1.30 bits per heavy atom. The second-order valence-corrected chi connectivity index (χ2v) is 6.62. The molecule has 0 aliphatic carbocycles. The van der Waals surface area contributed by atoms with Gasteiger partial charge in [0.15, 0.2) is 0 Å². The molecule has 3 amide bonds. The van der Waals surface area contributed by atoms with E-state index in [1.54, 1.807) is 33.2 Å². The van der Waals surface area contributed by atoms with E-state index in [9.17, 15) is 19.6 Å². The number of nitrogens with one attached hydrogen (secondary N) is 2. The molecule has 0 unspecified atom stereocenters. The molecule has 0 aliphatic rings. The van der Waals surface area contributed by atoms with Crippen molar-refractivity contribution < 1.29 is 19.6 Å². The molecule has 0 aliphatic heterocycles. The first-order valence-electron chi connectivity index (χ1n) is 8.95. The Morgan fingerprint density at radius 3 is 2.59 bits per heavy atom. The van der Waals surface area contributed by atoms with Crippen molar-refractivity contribution in [3.05, 3.63) is 23.4 Å². The Morgan fingerprint density at radius 2 is 2.00 bits per heavy atom. The number of amides is 3. The van der Waals surface area contributed by atoms with E-state index in [4.69, 9.17) is 0 Å². The normalized spacial score (nSPS) is 11.4. The number of unbranched alkanes of at least 4 members (excludes halogenated alkanes) is 2. The molecule has 1 atom stereocenters. The third-order valence-corrected chi connectivity index (χ3v) is 3.98. The number of aromatic nitrogens is 1. The summed E-state index contributed by atoms with van der Waals surface area (Å²) in [4.78, 5) is 40.9. The number of hydrogen-bond donors (Lipinski definition) is 3. The van der Waals surface area contributed by atoms with Crippen molar-refractivity contribution in [1.29, 1.82) is 0 Å². The summed E-state index contributed by atoms with van der Waals surface area (Å²) < 4.78 is 0. The quantitative estimate of drug-likeness (QED) is 0.233. The Balaban J connectivity index is 2.78. The first-order valence-corrected chi connectivity index (χ1v) is 8.95. The van der Waals surface area contributed by atoms with Crippen LogP contribution in [0.1, 0.15) is 48.7 Å². The van der Waals surface area contributed by atoms with E-state index in [0.717, 1.165) is 19.3 Å². The molecule has 1 heterocycles. The molecule has 1 rings (SSSR count). The maximum atomic E-state index is 12.4. The topological polar surface area (TPSA) is 115 Å². The van der Waals surface area contributed by atoms with Crippen LogP contribution in [0.5, 0.6) is 0 Å². The lowest BCUT2D eigenvalue weighted by Gasteiger charge is -2.20. The summed E-state index contributed by atoms with van der Waals surface area (Å²) in [6.45, 7) is 3.71. The third-order valence-electron chi connectivity index (χ3n) is 3.98. The zero-order valence-corrected chi connectivity index (χ0v) is 16.4. The second kappa shape index (κ2) is 11.1. The minimum absolute atomic E-state index is 0.0909. The number of hydroxylamine groups is 2. The van der Waals surface area contributed by atoms with Crippen LogP contribution < -0.4 is 10.9 Å². The minimum atomic E-state index is -0.563. The third kappa shape index (κ3) is 7.61. The molecule has 1 aromatic rings. The van der Waals surface area contributed by atoms with E-state index in [0.29, 0.717) is 28.6 Å². The number of carbonyl (C=O) groups excluding carboxylic acids is 3. The smallest absolute Gasteiger partial charge is 0.253 e. The lowest BCUT2D eigenvalue weighted by molar-refractivity contribution is -0.154. The molecule has 1 aromatic heterocycles. The largest absolute Gasteiger partial charge is 0.345 e. The van der Waals surface area contributed by atoms with E-state index in [1.165, 1.54) is 4.90 Å². The van der Waals surface area contributed by atoms with Gasteiger partial charge in [0.25, 0.3) is 5.91 Å². The average molecular weight is 379 g/mol. The molecule has 0 spiro atoms. The highest BCUT2D eigenvalue weighted by Crippen LogP contribution is 2.13. The highest BCUT2D eigenvalue weighted by Gasteiger charge is 2.21. The molecule has 9 heteroatoms. The van der Waals surface area contributed by atoms with Gasteiger partial charge in [-0.05, 0) is 25.5 Å². The minimum Gasteiger partial charge on any atom is -0.345 e. The zero-order valence-electron chi connectivity index (χ0n) is 16.4. The van der Waals surface area contributed by atoms with Crippen LogP contribution >= 0.6 is 0 Å². The van der Waals surface area contributed by atoms with Gasteiger partial charge in [-0.1, -0.05) is 26.2 Å². The van der Waals surface area contributed by atoms with Crippen LogP contribution in [0.3, 0.4) is 0 Å². The lowest BCUT2D eigenvalue weighted by atomic mass is 10.0. The molecule has 3 N–H and O–H groups in total. The molecule has 0 bridgehead atoms. The van der Waals surface area contributed by atoms with Crippen LogP contribution in [-0.4, -0.2) is 59.0 Å². The molecular formula is C18H29N5O4. The van der Waals surface area contributed by atoms with E-state index in [1.807, 2.05) is 0 Å². The van der Waals surface area contributed by atoms with E-state index < -0.39 is 5.92 Å². The van der Waals surface area contributed by atoms with Crippen molar-refractivity contribution in [3.8, 4) is 0 Å². The molecule has 0 aromatic carbocycles. The van der Waals surface area contributed by atoms with Gasteiger partial charge in [-0.15, -0.1) is 0 Å². The van der Waals surface area contributed by atoms with Gasteiger partial charge in [-0.3, -0.25) is 30.4 Å². The highest BCUT2D eigenvalue weighted by atomic mass is 16.5. The van der Waals surface area contributed by atoms with Crippen molar-refractivity contribution in [1.82, 2.24) is 20.4 Å². The fourth-order valence-corrected chi connectivity index (χ4v) is 2.56. The van der Waals surface area contributed by atoms with Gasteiger partial charge in [-0.25, -0.2) is 10.0 Å². The van der Waals surface area contributed by atoms with Crippen molar-refractivity contribution in [3.63, 3.8) is 0 Å². The molecule has 9 nitrogen and oxygen atoms in total. The summed E-state index contributed by atoms with van der Waals surface area (Å²) in [5.74, 6) is -0.769.